The number of nitrogens with one attached hydrogen (secondary N) is 2. The molecule has 0 saturated carbocycles. The molecule has 1 aromatic carbocycles. The van der Waals surface area contributed by atoms with E-state index in [0.717, 1.165) is 58.3 Å². The van der Waals surface area contributed by atoms with Gasteiger partial charge in [0.05, 0.1) is 19.3 Å². The number of rotatable bonds is 8. The SMILES string of the molecule is CCNC(=NCc1ccc2c(c1)CCCN2C)NCCCOC1CCOC1.I. The van der Waals surface area contributed by atoms with E-state index < -0.39 is 0 Å². The Hall–Kier alpha value is -1.06. The number of aryl methyl sites for hydroxylation is 1. The maximum absolute atomic E-state index is 5.81. The van der Waals surface area contributed by atoms with Crippen LogP contribution in [0.25, 0.3) is 0 Å². The summed E-state index contributed by atoms with van der Waals surface area (Å²) in [6.45, 7) is 7.99. The predicted molar refractivity (Wildman–Crippen MR) is 126 cm³/mol. The number of guanidine groups is 1. The molecule has 2 heterocycles. The molecule has 7 heteroatoms. The maximum atomic E-state index is 5.81. The molecule has 0 bridgehead atoms. The van der Waals surface area contributed by atoms with Crippen molar-refractivity contribution in [1.82, 2.24) is 10.6 Å². The molecule has 0 radical (unpaired) electrons. The van der Waals surface area contributed by atoms with Gasteiger partial charge in [-0.25, -0.2) is 4.99 Å². The highest BCUT2D eigenvalue weighted by Crippen LogP contribution is 2.26. The topological polar surface area (TPSA) is 58.1 Å². The van der Waals surface area contributed by atoms with Crippen LogP contribution in [0.2, 0.25) is 0 Å². The van der Waals surface area contributed by atoms with Gasteiger partial charge in [-0.3, -0.25) is 0 Å². The number of hydrogen-bond donors (Lipinski definition) is 2. The van der Waals surface area contributed by atoms with Gasteiger partial charge >= 0.3 is 0 Å². The van der Waals surface area contributed by atoms with E-state index in [0.29, 0.717) is 6.54 Å². The van der Waals surface area contributed by atoms with Crippen LogP contribution in [-0.4, -0.2) is 58.6 Å². The number of benzene rings is 1. The van der Waals surface area contributed by atoms with Crippen molar-refractivity contribution in [2.24, 2.45) is 4.99 Å². The number of ether oxygens (including phenoxy) is 2. The molecule has 1 unspecified atom stereocenters. The molecule has 2 aliphatic heterocycles. The lowest BCUT2D eigenvalue weighted by atomic mass is 10.00. The van der Waals surface area contributed by atoms with Crippen molar-refractivity contribution in [3.63, 3.8) is 0 Å². The van der Waals surface area contributed by atoms with Gasteiger partial charge in [-0.05, 0) is 49.8 Å². The van der Waals surface area contributed by atoms with Crippen molar-refractivity contribution >= 4 is 35.6 Å². The fourth-order valence-corrected chi connectivity index (χ4v) is 3.62. The molecule has 6 nitrogen and oxygen atoms in total. The molecule has 1 atom stereocenters. The third kappa shape index (κ3) is 7.08. The minimum atomic E-state index is 0. The quantitative estimate of drug-likeness (QED) is 0.248. The third-order valence-corrected chi connectivity index (χ3v) is 5.11. The number of hydrogen-bond acceptors (Lipinski definition) is 4. The lowest BCUT2D eigenvalue weighted by Crippen LogP contribution is -2.38. The molecule has 158 valence electrons. The minimum absolute atomic E-state index is 0. The molecule has 0 aliphatic carbocycles. The van der Waals surface area contributed by atoms with Crippen LogP contribution < -0.4 is 15.5 Å². The van der Waals surface area contributed by atoms with Gasteiger partial charge in [-0.1, -0.05) is 12.1 Å². The Labute approximate surface area is 186 Å². The number of aliphatic imine (C=N–C) groups is 1. The zero-order chi connectivity index (χ0) is 18.9. The molecule has 1 aromatic rings. The maximum Gasteiger partial charge on any atom is 0.191 e. The Morgan fingerprint density at radius 2 is 2.25 bits per heavy atom. The molecule has 0 amide bonds. The van der Waals surface area contributed by atoms with Crippen LogP contribution in [0.5, 0.6) is 0 Å². The zero-order valence-electron chi connectivity index (χ0n) is 17.2. The zero-order valence-corrected chi connectivity index (χ0v) is 19.5. The molecular weight excluding hydrogens is 467 g/mol. The van der Waals surface area contributed by atoms with Crippen LogP contribution in [0.1, 0.15) is 37.3 Å². The summed E-state index contributed by atoms with van der Waals surface area (Å²) in [6.07, 6.45) is 4.67. The highest BCUT2D eigenvalue weighted by molar-refractivity contribution is 14.0. The average molecular weight is 502 g/mol. The fourth-order valence-electron chi connectivity index (χ4n) is 3.62. The fraction of sp³-hybridized carbons (Fsp3) is 0.667. The Morgan fingerprint density at radius 3 is 3.04 bits per heavy atom. The molecule has 0 aromatic heterocycles. The molecular formula is C21H35IN4O2. The Bertz CT molecular complexity index is 620. The van der Waals surface area contributed by atoms with E-state index in [1.165, 1.54) is 29.7 Å². The smallest absolute Gasteiger partial charge is 0.191 e. The first-order chi connectivity index (χ1) is 13.3. The lowest BCUT2D eigenvalue weighted by Gasteiger charge is -2.27. The highest BCUT2D eigenvalue weighted by atomic mass is 127. The van der Waals surface area contributed by atoms with Gasteiger partial charge in [-0.2, -0.15) is 0 Å². The second-order valence-electron chi connectivity index (χ2n) is 7.32. The first-order valence-corrected chi connectivity index (χ1v) is 10.3. The standard InChI is InChI=1S/C21H34N4O2.HI/c1-3-22-21(23-10-5-12-27-19-9-13-26-16-19)24-15-17-7-8-20-18(14-17)6-4-11-25(20)2;/h7-8,14,19H,3-6,9-13,15-16H2,1-2H3,(H2,22,23,24);1H. The largest absolute Gasteiger partial charge is 0.379 e. The van der Waals surface area contributed by atoms with Gasteiger partial charge in [0.25, 0.3) is 0 Å². The van der Waals surface area contributed by atoms with E-state index in [4.69, 9.17) is 14.5 Å². The van der Waals surface area contributed by atoms with Crippen LogP contribution in [0.15, 0.2) is 23.2 Å². The summed E-state index contributed by atoms with van der Waals surface area (Å²) in [6, 6.07) is 6.75. The van der Waals surface area contributed by atoms with Crippen LogP contribution in [0.4, 0.5) is 5.69 Å². The van der Waals surface area contributed by atoms with Gasteiger partial charge in [0.2, 0.25) is 0 Å². The molecule has 2 N–H and O–H groups in total. The summed E-state index contributed by atoms with van der Waals surface area (Å²) in [5.74, 6) is 0.872. The molecule has 1 fully saturated rings. The predicted octanol–water partition coefficient (Wildman–Crippen LogP) is 2.94. The van der Waals surface area contributed by atoms with Gasteiger partial charge in [-0.15, -0.1) is 24.0 Å². The van der Waals surface area contributed by atoms with Crippen LogP contribution >= 0.6 is 24.0 Å². The van der Waals surface area contributed by atoms with Gasteiger partial charge in [0.15, 0.2) is 5.96 Å². The van der Waals surface area contributed by atoms with Gasteiger partial charge in [0.1, 0.15) is 0 Å². The molecule has 28 heavy (non-hydrogen) atoms. The van der Waals surface area contributed by atoms with Gasteiger partial charge < -0.3 is 25.0 Å². The Balaban J connectivity index is 0.00000280. The van der Waals surface area contributed by atoms with Crippen molar-refractivity contribution in [2.75, 3.05) is 51.4 Å². The number of fused-ring (bicyclic) bond motifs is 1. The second kappa shape index (κ2) is 12.5. The number of anilines is 1. The normalized spacial score (nSPS) is 19.1. The van der Waals surface area contributed by atoms with E-state index in [-0.39, 0.29) is 30.1 Å². The molecule has 3 rings (SSSR count). The van der Waals surface area contributed by atoms with Gasteiger partial charge in [0, 0.05) is 45.6 Å². The van der Waals surface area contributed by atoms with Crippen molar-refractivity contribution in [1.29, 1.82) is 0 Å². The minimum Gasteiger partial charge on any atom is -0.379 e. The van der Waals surface area contributed by atoms with Crippen LogP contribution in [0.3, 0.4) is 0 Å². The van der Waals surface area contributed by atoms with Crippen LogP contribution in [0, 0.1) is 0 Å². The Morgan fingerprint density at radius 1 is 1.36 bits per heavy atom. The van der Waals surface area contributed by atoms with E-state index >= 15 is 0 Å². The summed E-state index contributed by atoms with van der Waals surface area (Å²) in [5.41, 5.74) is 4.08. The highest BCUT2D eigenvalue weighted by Gasteiger charge is 2.15. The monoisotopic (exact) mass is 502 g/mol. The average Bonchev–Trinajstić information content (AvgIpc) is 3.19. The summed E-state index contributed by atoms with van der Waals surface area (Å²) < 4.78 is 11.1. The first kappa shape index (κ1) is 23.2. The third-order valence-electron chi connectivity index (χ3n) is 5.11. The summed E-state index contributed by atoms with van der Waals surface area (Å²) in [7, 11) is 2.17. The summed E-state index contributed by atoms with van der Waals surface area (Å²) >= 11 is 0. The van der Waals surface area contributed by atoms with E-state index in [1.54, 1.807) is 0 Å². The Kier molecular flexibility index (Phi) is 10.4. The molecule has 0 spiro atoms. The van der Waals surface area contributed by atoms with Crippen molar-refractivity contribution < 1.29 is 9.47 Å². The van der Waals surface area contributed by atoms with Crippen LogP contribution in [-0.2, 0) is 22.4 Å². The number of halogens is 1. The summed E-state index contributed by atoms with van der Waals surface area (Å²) in [4.78, 5) is 7.09. The summed E-state index contributed by atoms with van der Waals surface area (Å²) in [5, 5.41) is 6.73. The second-order valence-corrected chi connectivity index (χ2v) is 7.32. The van der Waals surface area contributed by atoms with E-state index in [9.17, 15) is 0 Å². The van der Waals surface area contributed by atoms with E-state index in [2.05, 4.69) is 47.7 Å². The number of nitrogens with zero attached hydrogens (tertiary/aromatic N) is 2. The first-order valence-electron chi connectivity index (χ1n) is 10.3. The molecule has 1 saturated heterocycles. The molecule has 2 aliphatic rings. The van der Waals surface area contributed by atoms with Crippen molar-refractivity contribution in [2.45, 2.75) is 45.3 Å². The van der Waals surface area contributed by atoms with E-state index in [1.807, 2.05) is 0 Å². The lowest BCUT2D eigenvalue weighted by molar-refractivity contribution is 0.0420. The van der Waals surface area contributed by atoms with Crippen molar-refractivity contribution in [3.05, 3.63) is 29.3 Å². The van der Waals surface area contributed by atoms with Crippen molar-refractivity contribution in [3.8, 4) is 0 Å².